The molecule has 0 aliphatic heterocycles. The Morgan fingerprint density at radius 3 is 2.33 bits per heavy atom. The zero-order chi connectivity index (χ0) is 13.5. The summed E-state index contributed by atoms with van der Waals surface area (Å²) in [5, 5.41) is 5.17. The van der Waals surface area contributed by atoms with Crippen LogP contribution in [0, 0.1) is 5.82 Å². The van der Waals surface area contributed by atoms with E-state index in [0.29, 0.717) is 5.56 Å². The van der Waals surface area contributed by atoms with Crippen molar-refractivity contribution in [3.05, 3.63) is 35.6 Å². The van der Waals surface area contributed by atoms with Crippen molar-refractivity contribution in [3.8, 4) is 0 Å². The molecule has 1 aromatic rings. The summed E-state index contributed by atoms with van der Waals surface area (Å²) in [6.07, 6.45) is 0.134. The standard InChI is InChI=1S/C13H17FN2O2/c1-9(2)16-13(18)8-15-12(17)7-10-3-5-11(14)6-4-10/h3-6,9H,7-8H2,1-2H3,(H,15,17)(H,16,18). The van der Waals surface area contributed by atoms with Gasteiger partial charge in [-0.3, -0.25) is 9.59 Å². The van der Waals surface area contributed by atoms with Crippen LogP contribution in [0.3, 0.4) is 0 Å². The third kappa shape index (κ3) is 5.43. The average molecular weight is 252 g/mol. The molecule has 0 saturated heterocycles. The number of hydrogen-bond donors (Lipinski definition) is 2. The molecule has 0 spiro atoms. The topological polar surface area (TPSA) is 58.2 Å². The van der Waals surface area contributed by atoms with Crippen molar-refractivity contribution in [2.24, 2.45) is 0 Å². The van der Waals surface area contributed by atoms with E-state index >= 15 is 0 Å². The molecule has 5 heteroatoms. The van der Waals surface area contributed by atoms with Crippen LogP contribution in [0.2, 0.25) is 0 Å². The van der Waals surface area contributed by atoms with Gasteiger partial charge in [0.15, 0.2) is 0 Å². The first-order chi connectivity index (χ1) is 8.47. The van der Waals surface area contributed by atoms with E-state index in [1.165, 1.54) is 12.1 Å². The van der Waals surface area contributed by atoms with Crippen molar-refractivity contribution >= 4 is 11.8 Å². The van der Waals surface area contributed by atoms with Crippen molar-refractivity contribution in [2.75, 3.05) is 6.54 Å². The zero-order valence-electron chi connectivity index (χ0n) is 10.5. The maximum Gasteiger partial charge on any atom is 0.239 e. The second-order valence-electron chi connectivity index (χ2n) is 4.30. The van der Waals surface area contributed by atoms with Crippen molar-refractivity contribution in [2.45, 2.75) is 26.3 Å². The molecule has 4 nitrogen and oxygen atoms in total. The average Bonchev–Trinajstić information content (AvgIpc) is 2.29. The fraction of sp³-hybridized carbons (Fsp3) is 0.385. The molecule has 0 unspecified atom stereocenters. The van der Waals surface area contributed by atoms with Crippen molar-refractivity contribution in [1.29, 1.82) is 0 Å². The summed E-state index contributed by atoms with van der Waals surface area (Å²) in [7, 11) is 0. The molecular weight excluding hydrogens is 235 g/mol. The highest BCUT2D eigenvalue weighted by Gasteiger charge is 2.07. The van der Waals surface area contributed by atoms with E-state index in [2.05, 4.69) is 10.6 Å². The van der Waals surface area contributed by atoms with Crippen molar-refractivity contribution in [3.63, 3.8) is 0 Å². The summed E-state index contributed by atoms with van der Waals surface area (Å²) in [4.78, 5) is 22.8. The van der Waals surface area contributed by atoms with Crippen LogP contribution in [0.15, 0.2) is 24.3 Å². The number of carbonyl (C=O) groups is 2. The molecule has 18 heavy (non-hydrogen) atoms. The highest BCUT2D eigenvalue weighted by Crippen LogP contribution is 2.03. The Labute approximate surface area is 106 Å². The van der Waals surface area contributed by atoms with Crippen LogP contribution < -0.4 is 10.6 Å². The number of rotatable bonds is 5. The largest absolute Gasteiger partial charge is 0.352 e. The lowest BCUT2D eigenvalue weighted by Gasteiger charge is -2.09. The van der Waals surface area contributed by atoms with Gasteiger partial charge in [-0.25, -0.2) is 4.39 Å². The predicted molar refractivity (Wildman–Crippen MR) is 66.4 cm³/mol. The Balaban J connectivity index is 2.34. The van der Waals surface area contributed by atoms with Crippen LogP contribution in [-0.2, 0) is 16.0 Å². The Kier molecular flexibility index (Phi) is 5.30. The SMILES string of the molecule is CC(C)NC(=O)CNC(=O)Cc1ccc(F)cc1. The molecule has 1 aromatic carbocycles. The monoisotopic (exact) mass is 252 g/mol. The summed E-state index contributed by atoms with van der Waals surface area (Å²) in [5.41, 5.74) is 0.707. The molecule has 0 saturated carbocycles. The van der Waals surface area contributed by atoms with E-state index in [1.54, 1.807) is 12.1 Å². The van der Waals surface area contributed by atoms with Gasteiger partial charge in [0.1, 0.15) is 5.82 Å². The number of halogens is 1. The van der Waals surface area contributed by atoms with Gasteiger partial charge in [0, 0.05) is 6.04 Å². The quantitative estimate of drug-likeness (QED) is 0.821. The fourth-order valence-electron chi connectivity index (χ4n) is 1.40. The van der Waals surface area contributed by atoms with Crippen LogP contribution in [0.1, 0.15) is 19.4 Å². The van der Waals surface area contributed by atoms with Gasteiger partial charge in [0.25, 0.3) is 0 Å². The van der Waals surface area contributed by atoms with E-state index in [9.17, 15) is 14.0 Å². The smallest absolute Gasteiger partial charge is 0.239 e. The minimum Gasteiger partial charge on any atom is -0.352 e. The lowest BCUT2D eigenvalue weighted by atomic mass is 10.1. The molecule has 2 amide bonds. The minimum absolute atomic E-state index is 0.0434. The number of amides is 2. The molecule has 0 heterocycles. The first-order valence-corrected chi connectivity index (χ1v) is 5.78. The van der Waals surface area contributed by atoms with Crippen LogP contribution in [0.5, 0.6) is 0 Å². The summed E-state index contributed by atoms with van der Waals surface area (Å²) in [6.45, 7) is 3.65. The second-order valence-corrected chi connectivity index (χ2v) is 4.30. The van der Waals surface area contributed by atoms with Gasteiger partial charge < -0.3 is 10.6 Å². The van der Waals surface area contributed by atoms with Gasteiger partial charge in [-0.15, -0.1) is 0 Å². The van der Waals surface area contributed by atoms with E-state index in [-0.39, 0.29) is 36.6 Å². The van der Waals surface area contributed by atoms with Gasteiger partial charge in [-0.1, -0.05) is 12.1 Å². The van der Waals surface area contributed by atoms with E-state index in [0.717, 1.165) is 0 Å². The third-order valence-corrected chi connectivity index (χ3v) is 2.17. The van der Waals surface area contributed by atoms with Crippen LogP contribution in [-0.4, -0.2) is 24.4 Å². The molecule has 0 radical (unpaired) electrons. The van der Waals surface area contributed by atoms with E-state index in [1.807, 2.05) is 13.8 Å². The number of carbonyl (C=O) groups excluding carboxylic acids is 2. The van der Waals surface area contributed by atoms with E-state index in [4.69, 9.17) is 0 Å². The van der Waals surface area contributed by atoms with Gasteiger partial charge in [-0.2, -0.15) is 0 Å². The molecule has 0 atom stereocenters. The Morgan fingerprint density at radius 2 is 1.78 bits per heavy atom. The second kappa shape index (κ2) is 6.74. The highest BCUT2D eigenvalue weighted by molar-refractivity contribution is 5.85. The first kappa shape index (κ1) is 14.2. The van der Waals surface area contributed by atoms with Crippen LogP contribution >= 0.6 is 0 Å². The number of hydrogen-bond acceptors (Lipinski definition) is 2. The minimum atomic E-state index is -0.338. The molecule has 0 aromatic heterocycles. The van der Waals surface area contributed by atoms with Gasteiger partial charge in [0.05, 0.1) is 13.0 Å². The molecule has 0 aliphatic rings. The van der Waals surface area contributed by atoms with Gasteiger partial charge >= 0.3 is 0 Å². The molecule has 0 fully saturated rings. The Morgan fingerprint density at radius 1 is 1.17 bits per heavy atom. The fourth-order valence-corrected chi connectivity index (χ4v) is 1.40. The number of nitrogens with one attached hydrogen (secondary N) is 2. The van der Waals surface area contributed by atoms with Crippen molar-refractivity contribution < 1.29 is 14.0 Å². The van der Waals surface area contributed by atoms with Crippen LogP contribution in [0.4, 0.5) is 4.39 Å². The predicted octanol–water partition coefficient (Wildman–Crippen LogP) is 1.01. The summed E-state index contributed by atoms with van der Waals surface area (Å²) in [5.74, 6) is -0.826. The van der Waals surface area contributed by atoms with Gasteiger partial charge in [0.2, 0.25) is 11.8 Å². The van der Waals surface area contributed by atoms with Gasteiger partial charge in [-0.05, 0) is 31.5 Å². The summed E-state index contributed by atoms with van der Waals surface area (Å²) >= 11 is 0. The molecule has 1 rings (SSSR count). The molecule has 0 bridgehead atoms. The molecule has 98 valence electrons. The Bertz CT molecular complexity index is 416. The number of benzene rings is 1. The van der Waals surface area contributed by atoms with Crippen molar-refractivity contribution in [1.82, 2.24) is 10.6 Å². The highest BCUT2D eigenvalue weighted by atomic mass is 19.1. The first-order valence-electron chi connectivity index (χ1n) is 5.78. The summed E-state index contributed by atoms with van der Waals surface area (Å²) in [6, 6.07) is 5.74. The lowest BCUT2D eigenvalue weighted by Crippen LogP contribution is -2.40. The molecule has 2 N–H and O–H groups in total. The Hall–Kier alpha value is -1.91. The maximum absolute atomic E-state index is 12.6. The normalized spacial score (nSPS) is 10.2. The van der Waals surface area contributed by atoms with E-state index < -0.39 is 0 Å². The summed E-state index contributed by atoms with van der Waals surface area (Å²) < 4.78 is 12.6. The third-order valence-electron chi connectivity index (χ3n) is 2.17. The molecule has 0 aliphatic carbocycles. The lowest BCUT2D eigenvalue weighted by molar-refractivity contribution is -0.126. The maximum atomic E-state index is 12.6. The molecular formula is C13H17FN2O2. The van der Waals surface area contributed by atoms with Crippen LogP contribution in [0.25, 0.3) is 0 Å². The zero-order valence-corrected chi connectivity index (χ0v) is 10.5.